The molecule has 0 radical (unpaired) electrons. The standard InChI is InChI=1S/C21H20N2O2S/c1-26(2,25)14-16-9-7-15(8-10-16)13-17-11-12-23-19-6-4-3-5-18(19)21(24)22-20(17)23/h3-10,13H,1,11-12,14H2,2H3/b17-13+. The number of hydrogen-bond donors (Lipinski definition) is 0. The molecule has 26 heavy (non-hydrogen) atoms. The lowest BCUT2D eigenvalue weighted by molar-refractivity contribution is 0.684. The molecule has 0 aliphatic carbocycles. The molecule has 132 valence electrons. The maximum atomic E-state index is 12.3. The summed E-state index contributed by atoms with van der Waals surface area (Å²) in [5.74, 6) is 4.94. The van der Waals surface area contributed by atoms with E-state index in [9.17, 15) is 9.00 Å². The quantitative estimate of drug-likeness (QED) is 0.671. The highest BCUT2D eigenvalue weighted by molar-refractivity contribution is 7.98. The van der Waals surface area contributed by atoms with E-state index in [1.165, 1.54) is 0 Å². The van der Waals surface area contributed by atoms with E-state index in [1.807, 2.05) is 48.5 Å². The molecule has 1 aliphatic heterocycles. The van der Waals surface area contributed by atoms with Gasteiger partial charge in [0.05, 0.1) is 10.9 Å². The fourth-order valence-electron chi connectivity index (χ4n) is 3.44. The number of aromatic nitrogens is 2. The minimum atomic E-state index is -2.04. The Morgan fingerprint density at radius 3 is 2.65 bits per heavy atom. The lowest BCUT2D eigenvalue weighted by Crippen LogP contribution is -2.14. The highest BCUT2D eigenvalue weighted by atomic mass is 32.2. The SMILES string of the molecule is C=S(C)(=O)Cc1ccc(/C=C2\CCn3c2nc(=O)c2ccccc23)cc1. The predicted molar refractivity (Wildman–Crippen MR) is 110 cm³/mol. The minimum absolute atomic E-state index is 0.178. The van der Waals surface area contributed by atoms with Crippen LogP contribution >= 0.6 is 0 Å². The van der Waals surface area contributed by atoms with Gasteiger partial charge in [0.15, 0.2) is 0 Å². The molecule has 3 aromatic rings. The molecule has 4 rings (SSSR count). The Labute approximate surface area is 152 Å². The van der Waals surface area contributed by atoms with Crippen LogP contribution in [0.15, 0.2) is 53.3 Å². The fourth-order valence-corrected chi connectivity index (χ4v) is 4.33. The lowest BCUT2D eigenvalue weighted by Gasteiger charge is -2.07. The number of fused-ring (bicyclic) bond motifs is 3. The van der Waals surface area contributed by atoms with E-state index in [-0.39, 0.29) is 5.56 Å². The van der Waals surface area contributed by atoms with Crippen molar-refractivity contribution < 1.29 is 4.21 Å². The van der Waals surface area contributed by atoms with Gasteiger partial charge in [-0.3, -0.25) is 9.00 Å². The Morgan fingerprint density at radius 1 is 1.19 bits per heavy atom. The Morgan fingerprint density at radius 2 is 1.92 bits per heavy atom. The highest BCUT2D eigenvalue weighted by Gasteiger charge is 2.20. The summed E-state index contributed by atoms with van der Waals surface area (Å²) in [4.78, 5) is 16.6. The Bertz CT molecular complexity index is 1190. The zero-order valence-corrected chi connectivity index (χ0v) is 15.5. The molecule has 0 bridgehead atoms. The molecule has 5 heteroatoms. The van der Waals surface area contributed by atoms with Crippen molar-refractivity contribution >= 4 is 37.9 Å². The van der Waals surface area contributed by atoms with E-state index < -0.39 is 9.52 Å². The van der Waals surface area contributed by atoms with Crippen molar-refractivity contribution in [2.75, 3.05) is 6.26 Å². The van der Waals surface area contributed by atoms with Gasteiger partial charge in [-0.1, -0.05) is 36.4 Å². The molecule has 1 aromatic heterocycles. The zero-order valence-electron chi connectivity index (χ0n) is 14.6. The van der Waals surface area contributed by atoms with Crippen molar-refractivity contribution in [2.24, 2.45) is 0 Å². The summed E-state index contributed by atoms with van der Waals surface area (Å²) in [6.07, 6.45) is 4.60. The number of hydrogen-bond acceptors (Lipinski definition) is 3. The molecule has 0 spiro atoms. The normalized spacial score (nSPS) is 17.3. The minimum Gasteiger partial charge on any atom is -0.325 e. The molecule has 0 saturated heterocycles. The molecule has 0 fully saturated rings. The molecular weight excluding hydrogens is 344 g/mol. The van der Waals surface area contributed by atoms with Gasteiger partial charge in [-0.05, 0) is 56.7 Å². The number of para-hydroxylation sites is 1. The van der Waals surface area contributed by atoms with E-state index in [0.29, 0.717) is 11.1 Å². The van der Waals surface area contributed by atoms with Crippen LogP contribution < -0.4 is 5.56 Å². The van der Waals surface area contributed by atoms with Crippen molar-refractivity contribution in [1.82, 2.24) is 9.55 Å². The van der Waals surface area contributed by atoms with Crippen molar-refractivity contribution in [2.45, 2.75) is 18.7 Å². The van der Waals surface area contributed by atoms with Gasteiger partial charge in [0, 0.05) is 18.6 Å². The van der Waals surface area contributed by atoms with Crippen LogP contribution in [-0.2, 0) is 21.8 Å². The third-order valence-corrected chi connectivity index (χ3v) is 5.52. The molecule has 4 nitrogen and oxygen atoms in total. The van der Waals surface area contributed by atoms with Gasteiger partial charge in [-0.15, -0.1) is 0 Å². The first kappa shape index (κ1) is 16.8. The van der Waals surface area contributed by atoms with E-state index >= 15 is 0 Å². The molecule has 1 unspecified atom stereocenters. The van der Waals surface area contributed by atoms with Crippen molar-refractivity contribution in [3.63, 3.8) is 0 Å². The van der Waals surface area contributed by atoms with Crippen molar-refractivity contribution in [1.29, 1.82) is 0 Å². The number of aryl methyl sites for hydroxylation is 1. The van der Waals surface area contributed by atoms with Crippen LogP contribution in [0.25, 0.3) is 22.6 Å². The average Bonchev–Trinajstić information content (AvgIpc) is 2.98. The summed E-state index contributed by atoms with van der Waals surface area (Å²) in [7, 11) is -2.04. The molecular formula is C21H20N2O2S. The average molecular weight is 364 g/mol. The second-order valence-electron chi connectivity index (χ2n) is 6.90. The molecule has 1 aliphatic rings. The Kier molecular flexibility index (Phi) is 4.04. The predicted octanol–water partition coefficient (Wildman–Crippen LogP) is 3.19. The van der Waals surface area contributed by atoms with Crippen LogP contribution in [-0.4, -0.2) is 25.9 Å². The van der Waals surface area contributed by atoms with Crippen LogP contribution in [0.2, 0.25) is 0 Å². The lowest BCUT2D eigenvalue weighted by atomic mass is 10.1. The van der Waals surface area contributed by atoms with E-state index in [4.69, 9.17) is 0 Å². The summed E-state index contributed by atoms with van der Waals surface area (Å²) in [5.41, 5.74) is 3.89. The van der Waals surface area contributed by atoms with E-state index in [0.717, 1.165) is 41.0 Å². The third kappa shape index (κ3) is 3.22. The second kappa shape index (κ2) is 6.25. The monoisotopic (exact) mass is 364 g/mol. The Balaban J connectivity index is 1.72. The van der Waals surface area contributed by atoms with E-state index in [2.05, 4.69) is 21.5 Å². The number of benzene rings is 2. The topological polar surface area (TPSA) is 52.0 Å². The molecule has 2 heterocycles. The van der Waals surface area contributed by atoms with Gasteiger partial charge in [0.1, 0.15) is 5.82 Å². The number of allylic oxidation sites excluding steroid dienone is 1. The molecule has 0 saturated carbocycles. The maximum Gasteiger partial charge on any atom is 0.281 e. The van der Waals surface area contributed by atoms with Crippen LogP contribution in [0, 0.1) is 0 Å². The first-order valence-electron chi connectivity index (χ1n) is 8.50. The largest absolute Gasteiger partial charge is 0.325 e. The summed E-state index contributed by atoms with van der Waals surface area (Å²) in [6, 6.07) is 15.6. The van der Waals surface area contributed by atoms with Crippen molar-refractivity contribution in [3.05, 3.63) is 75.8 Å². The maximum absolute atomic E-state index is 12.3. The molecule has 0 amide bonds. The number of nitrogens with zero attached hydrogens (tertiary/aromatic N) is 2. The van der Waals surface area contributed by atoms with Crippen LogP contribution in [0.1, 0.15) is 23.4 Å². The van der Waals surface area contributed by atoms with Gasteiger partial charge >= 0.3 is 0 Å². The fraction of sp³-hybridized carbons (Fsp3) is 0.190. The van der Waals surface area contributed by atoms with Crippen LogP contribution in [0.5, 0.6) is 0 Å². The molecule has 1 atom stereocenters. The highest BCUT2D eigenvalue weighted by Crippen LogP contribution is 2.29. The smallest absolute Gasteiger partial charge is 0.281 e. The first-order valence-corrected chi connectivity index (χ1v) is 10.8. The van der Waals surface area contributed by atoms with Crippen LogP contribution in [0.4, 0.5) is 0 Å². The first-order chi connectivity index (χ1) is 12.4. The second-order valence-corrected chi connectivity index (χ2v) is 9.56. The summed E-state index contributed by atoms with van der Waals surface area (Å²) in [5, 5.41) is 0.665. The summed E-state index contributed by atoms with van der Waals surface area (Å²) < 4.78 is 13.9. The van der Waals surface area contributed by atoms with Gasteiger partial charge < -0.3 is 4.57 Å². The van der Waals surface area contributed by atoms with Gasteiger partial charge in [-0.25, -0.2) is 0 Å². The van der Waals surface area contributed by atoms with Gasteiger partial charge in [0.25, 0.3) is 5.56 Å². The van der Waals surface area contributed by atoms with E-state index in [1.54, 1.807) is 6.26 Å². The summed E-state index contributed by atoms with van der Waals surface area (Å²) in [6.45, 7) is 0.826. The van der Waals surface area contributed by atoms with Gasteiger partial charge in [-0.2, -0.15) is 4.98 Å². The number of rotatable bonds is 3. The molecule has 0 N–H and O–H groups in total. The van der Waals surface area contributed by atoms with Crippen molar-refractivity contribution in [3.8, 4) is 0 Å². The van der Waals surface area contributed by atoms with Crippen LogP contribution in [0.3, 0.4) is 0 Å². The Hall–Kier alpha value is -2.66. The summed E-state index contributed by atoms with van der Waals surface area (Å²) >= 11 is 0. The van der Waals surface area contributed by atoms with Gasteiger partial charge in [0.2, 0.25) is 0 Å². The molecule has 2 aromatic carbocycles. The zero-order chi connectivity index (χ0) is 18.3. The third-order valence-electron chi connectivity index (χ3n) is 4.57.